The van der Waals surface area contributed by atoms with E-state index in [1.165, 1.54) is 11.3 Å². The average Bonchev–Trinajstić information content (AvgIpc) is 3.21. The van der Waals surface area contributed by atoms with Crippen molar-refractivity contribution in [2.75, 3.05) is 11.9 Å². The highest BCUT2D eigenvalue weighted by molar-refractivity contribution is 7.13. The standard InChI is InChI=1S/C21H28N2O5S/c1-20(2,3)28-19(24)23-18-22-15(13-29-18)17(16-12-26-21(4,5)27-16)25-11-14-9-7-6-8-10-14/h6-10,13,16-17H,11-12H2,1-5H3,(H,22,23,24)/t16-,17+/m1/s1. The quantitative estimate of drug-likeness (QED) is 0.716. The van der Waals surface area contributed by atoms with Gasteiger partial charge in [-0.05, 0) is 40.2 Å². The SMILES string of the molecule is CC(C)(C)OC(=O)Nc1nc([C@H](OCc2ccccc2)[C@H]2COC(C)(C)O2)cs1. The van der Waals surface area contributed by atoms with Crippen LogP contribution in [0.15, 0.2) is 35.7 Å². The first kappa shape index (κ1) is 21.7. The number of anilines is 1. The van der Waals surface area contributed by atoms with Gasteiger partial charge in [0.05, 0.1) is 18.9 Å². The van der Waals surface area contributed by atoms with E-state index in [1.807, 2.05) is 70.3 Å². The van der Waals surface area contributed by atoms with Crippen molar-refractivity contribution in [2.45, 2.75) is 64.8 Å². The Hall–Kier alpha value is -2.00. The summed E-state index contributed by atoms with van der Waals surface area (Å²) in [6.45, 7) is 10.00. The van der Waals surface area contributed by atoms with Gasteiger partial charge in [0.1, 0.15) is 17.8 Å². The van der Waals surface area contributed by atoms with Gasteiger partial charge in [0, 0.05) is 5.38 Å². The molecule has 7 nitrogen and oxygen atoms in total. The fraction of sp³-hybridized carbons (Fsp3) is 0.524. The number of carbonyl (C=O) groups is 1. The second-order valence-electron chi connectivity index (χ2n) is 8.29. The fourth-order valence-corrected chi connectivity index (χ4v) is 3.59. The third-order valence-corrected chi connectivity index (χ3v) is 4.84. The minimum absolute atomic E-state index is 0.301. The zero-order chi connectivity index (χ0) is 21.1. The molecule has 29 heavy (non-hydrogen) atoms. The van der Waals surface area contributed by atoms with Crippen LogP contribution in [0.25, 0.3) is 0 Å². The van der Waals surface area contributed by atoms with E-state index in [-0.39, 0.29) is 6.10 Å². The molecule has 1 fully saturated rings. The molecule has 0 bridgehead atoms. The van der Waals surface area contributed by atoms with Crippen LogP contribution < -0.4 is 5.32 Å². The number of hydrogen-bond donors (Lipinski definition) is 1. The molecule has 3 rings (SSSR count). The Morgan fingerprint density at radius 3 is 2.69 bits per heavy atom. The Kier molecular flexibility index (Phi) is 6.58. The van der Waals surface area contributed by atoms with E-state index in [0.29, 0.717) is 24.0 Å². The number of thiazole rings is 1. The number of hydrogen-bond acceptors (Lipinski definition) is 7. The summed E-state index contributed by atoms with van der Waals surface area (Å²) >= 11 is 1.31. The van der Waals surface area contributed by atoms with Crippen LogP contribution in [0, 0.1) is 0 Å². The Morgan fingerprint density at radius 1 is 1.34 bits per heavy atom. The number of carbonyl (C=O) groups excluding carboxylic acids is 1. The molecule has 0 aliphatic carbocycles. The molecular weight excluding hydrogens is 392 g/mol. The van der Waals surface area contributed by atoms with Crippen molar-refractivity contribution in [1.82, 2.24) is 4.98 Å². The van der Waals surface area contributed by atoms with Gasteiger partial charge in [-0.2, -0.15) is 0 Å². The Bertz CT molecular complexity index is 816. The molecule has 2 aromatic rings. The van der Waals surface area contributed by atoms with Crippen molar-refractivity contribution in [3.8, 4) is 0 Å². The predicted molar refractivity (Wildman–Crippen MR) is 111 cm³/mol. The molecular formula is C21H28N2O5S. The van der Waals surface area contributed by atoms with Gasteiger partial charge in [0.2, 0.25) is 0 Å². The highest BCUT2D eigenvalue weighted by Crippen LogP contribution is 2.35. The van der Waals surface area contributed by atoms with Gasteiger partial charge in [-0.3, -0.25) is 5.32 Å². The molecule has 2 heterocycles. The summed E-state index contributed by atoms with van der Waals surface area (Å²) in [6.07, 6.45) is -1.27. The van der Waals surface area contributed by atoms with Crippen LogP contribution in [0.2, 0.25) is 0 Å². The molecule has 1 amide bonds. The lowest BCUT2D eigenvalue weighted by Gasteiger charge is -2.23. The van der Waals surface area contributed by atoms with E-state index in [2.05, 4.69) is 10.3 Å². The topological polar surface area (TPSA) is 78.9 Å². The van der Waals surface area contributed by atoms with Crippen LogP contribution >= 0.6 is 11.3 Å². The first-order chi connectivity index (χ1) is 13.6. The van der Waals surface area contributed by atoms with Crippen LogP contribution in [-0.2, 0) is 25.6 Å². The summed E-state index contributed by atoms with van der Waals surface area (Å²) in [5.41, 5.74) is 1.16. The van der Waals surface area contributed by atoms with E-state index in [1.54, 1.807) is 0 Å². The van der Waals surface area contributed by atoms with Crippen molar-refractivity contribution >= 4 is 22.6 Å². The normalized spacial score (nSPS) is 19.7. The van der Waals surface area contributed by atoms with Crippen LogP contribution in [0.1, 0.15) is 52.0 Å². The highest BCUT2D eigenvalue weighted by atomic mass is 32.1. The number of benzene rings is 1. The van der Waals surface area contributed by atoms with Gasteiger partial charge >= 0.3 is 6.09 Å². The molecule has 2 atom stereocenters. The van der Waals surface area contributed by atoms with Crippen molar-refractivity contribution in [2.24, 2.45) is 0 Å². The van der Waals surface area contributed by atoms with E-state index >= 15 is 0 Å². The number of nitrogens with zero attached hydrogens (tertiary/aromatic N) is 1. The zero-order valence-electron chi connectivity index (χ0n) is 17.4. The van der Waals surface area contributed by atoms with Gasteiger partial charge < -0.3 is 18.9 Å². The summed E-state index contributed by atoms with van der Waals surface area (Å²) in [4.78, 5) is 16.5. The molecule has 1 aromatic carbocycles. The maximum Gasteiger partial charge on any atom is 0.413 e. The van der Waals surface area contributed by atoms with E-state index in [4.69, 9.17) is 18.9 Å². The lowest BCUT2D eigenvalue weighted by molar-refractivity contribution is -0.159. The minimum atomic E-state index is -0.674. The lowest BCUT2D eigenvalue weighted by Crippen LogP contribution is -2.28. The Morgan fingerprint density at radius 2 is 2.07 bits per heavy atom. The van der Waals surface area contributed by atoms with Crippen LogP contribution in [0.4, 0.5) is 9.93 Å². The minimum Gasteiger partial charge on any atom is -0.444 e. The van der Waals surface area contributed by atoms with Crippen LogP contribution in [0.5, 0.6) is 0 Å². The summed E-state index contributed by atoms with van der Waals surface area (Å²) in [5.74, 6) is -0.674. The second-order valence-corrected chi connectivity index (χ2v) is 9.15. The third kappa shape index (κ3) is 6.50. The Labute approximate surface area is 175 Å². The van der Waals surface area contributed by atoms with Crippen LogP contribution in [0.3, 0.4) is 0 Å². The fourth-order valence-electron chi connectivity index (χ4n) is 2.87. The monoisotopic (exact) mass is 420 g/mol. The molecule has 1 aliphatic heterocycles. The maximum absolute atomic E-state index is 12.0. The molecule has 1 aromatic heterocycles. The smallest absolute Gasteiger partial charge is 0.413 e. The number of nitrogens with one attached hydrogen (secondary N) is 1. The van der Waals surface area contributed by atoms with Crippen molar-refractivity contribution in [3.63, 3.8) is 0 Å². The Balaban J connectivity index is 1.72. The molecule has 0 radical (unpaired) electrons. The van der Waals surface area contributed by atoms with E-state index < -0.39 is 23.6 Å². The molecule has 158 valence electrons. The predicted octanol–water partition coefficient (Wildman–Crippen LogP) is 4.90. The van der Waals surface area contributed by atoms with Gasteiger partial charge in [-0.1, -0.05) is 30.3 Å². The highest BCUT2D eigenvalue weighted by Gasteiger charge is 2.39. The first-order valence-corrected chi connectivity index (χ1v) is 10.4. The van der Waals surface area contributed by atoms with Gasteiger partial charge in [0.25, 0.3) is 0 Å². The van der Waals surface area contributed by atoms with Crippen molar-refractivity contribution in [1.29, 1.82) is 0 Å². The number of amides is 1. The van der Waals surface area contributed by atoms with E-state index in [0.717, 1.165) is 5.56 Å². The van der Waals surface area contributed by atoms with Gasteiger partial charge in [-0.15, -0.1) is 11.3 Å². The largest absolute Gasteiger partial charge is 0.444 e. The van der Waals surface area contributed by atoms with Crippen molar-refractivity contribution < 1.29 is 23.7 Å². The molecule has 1 saturated heterocycles. The number of aromatic nitrogens is 1. The maximum atomic E-state index is 12.0. The molecule has 1 N–H and O–H groups in total. The van der Waals surface area contributed by atoms with Gasteiger partial charge in [0.15, 0.2) is 10.9 Å². The second kappa shape index (κ2) is 8.79. The van der Waals surface area contributed by atoms with Crippen LogP contribution in [-0.4, -0.2) is 35.2 Å². The van der Waals surface area contributed by atoms with Crippen molar-refractivity contribution in [3.05, 3.63) is 47.0 Å². The van der Waals surface area contributed by atoms with E-state index in [9.17, 15) is 4.79 Å². The molecule has 0 saturated carbocycles. The average molecular weight is 421 g/mol. The summed E-state index contributed by atoms with van der Waals surface area (Å²) in [6, 6.07) is 9.91. The zero-order valence-corrected chi connectivity index (χ0v) is 18.2. The third-order valence-electron chi connectivity index (χ3n) is 4.06. The summed E-state index contributed by atoms with van der Waals surface area (Å²) in [5, 5.41) is 4.98. The molecule has 0 unspecified atom stereocenters. The first-order valence-electron chi connectivity index (χ1n) is 9.54. The number of ether oxygens (including phenoxy) is 4. The molecule has 8 heteroatoms. The van der Waals surface area contributed by atoms with Gasteiger partial charge in [-0.25, -0.2) is 9.78 Å². The number of rotatable bonds is 6. The molecule has 1 aliphatic rings. The lowest BCUT2D eigenvalue weighted by atomic mass is 10.1. The summed E-state index contributed by atoms with van der Waals surface area (Å²) in [7, 11) is 0. The molecule has 0 spiro atoms. The summed E-state index contributed by atoms with van der Waals surface area (Å²) < 4.78 is 23.2.